The lowest BCUT2D eigenvalue weighted by molar-refractivity contribution is -0.122. The van der Waals surface area contributed by atoms with Crippen molar-refractivity contribution in [1.82, 2.24) is 10.2 Å². The SMILES string of the molecule is Cc1cccc(N2CC(C(=O)Nc3nnc(Cc4ccccc4)s3)CC2=O)c1. The van der Waals surface area contributed by atoms with Crippen LogP contribution in [0, 0.1) is 12.8 Å². The fourth-order valence-corrected chi connectivity index (χ4v) is 4.06. The molecule has 0 aliphatic carbocycles. The Bertz CT molecular complexity index is 1000. The number of rotatable bonds is 5. The molecule has 1 N–H and O–H groups in total. The first-order valence-corrected chi connectivity index (χ1v) is 9.94. The van der Waals surface area contributed by atoms with E-state index in [1.807, 2.05) is 61.5 Å². The third-order valence-corrected chi connectivity index (χ3v) is 5.54. The molecule has 2 aromatic carbocycles. The van der Waals surface area contributed by atoms with E-state index in [1.54, 1.807) is 4.90 Å². The molecule has 6 nitrogen and oxygen atoms in total. The van der Waals surface area contributed by atoms with Crippen LogP contribution in [0.2, 0.25) is 0 Å². The van der Waals surface area contributed by atoms with Gasteiger partial charge in [0.05, 0.1) is 5.92 Å². The highest BCUT2D eigenvalue weighted by Gasteiger charge is 2.35. The Balaban J connectivity index is 1.38. The molecule has 3 aromatic rings. The van der Waals surface area contributed by atoms with Crippen LogP contribution < -0.4 is 10.2 Å². The number of carbonyl (C=O) groups excluding carboxylic acids is 2. The summed E-state index contributed by atoms with van der Waals surface area (Å²) in [6.45, 7) is 2.36. The van der Waals surface area contributed by atoms with Crippen LogP contribution in [-0.2, 0) is 16.0 Å². The number of nitrogens with one attached hydrogen (secondary N) is 1. The van der Waals surface area contributed by atoms with E-state index in [4.69, 9.17) is 0 Å². The normalized spacial score (nSPS) is 16.4. The van der Waals surface area contributed by atoms with Crippen molar-refractivity contribution in [2.45, 2.75) is 19.8 Å². The van der Waals surface area contributed by atoms with Gasteiger partial charge in [0.1, 0.15) is 5.01 Å². The highest BCUT2D eigenvalue weighted by atomic mass is 32.1. The number of aryl methyl sites for hydroxylation is 1. The Labute approximate surface area is 167 Å². The van der Waals surface area contributed by atoms with Gasteiger partial charge in [-0.3, -0.25) is 9.59 Å². The van der Waals surface area contributed by atoms with E-state index >= 15 is 0 Å². The highest BCUT2D eigenvalue weighted by Crippen LogP contribution is 2.27. The summed E-state index contributed by atoms with van der Waals surface area (Å²) >= 11 is 1.36. The number of amides is 2. The van der Waals surface area contributed by atoms with Gasteiger partial charge < -0.3 is 10.2 Å². The summed E-state index contributed by atoms with van der Waals surface area (Å²) in [6, 6.07) is 17.7. The van der Waals surface area contributed by atoms with Crippen molar-refractivity contribution in [1.29, 1.82) is 0 Å². The minimum absolute atomic E-state index is 0.0345. The summed E-state index contributed by atoms with van der Waals surface area (Å²) in [6.07, 6.45) is 0.882. The first-order valence-electron chi connectivity index (χ1n) is 9.13. The Morgan fingerprint density at radius 3 is 2.79 bits per heavy atom. The van der Waals surface area contributed by atoms with Gasteiger partial charge in [0.2, 0.25) is 16.9 Å². The maximum atomic E-state index is 12.6. The van der Waals surface area contributed by atoms with E-state index in [0.717, 1.165) is 21.8 Å². The predicted molar refractivity (Wildman–Crippen MR) is 109 cm³/mol. The molecule has 4 rings (SSSR count). The van der Waals surface area contributed by atoms with Gasteiger partial charge in [-0.1, -0.05) is 53.8 Å². The van der Waals surface area contributed by atoms with E-state index in [2.05, 4.69) is 15.5 Å². The van der Waals surface area contributed by atoms with Crippen LogP contribution in [0.25, 0.3) is 0 Å². The molecule has 1 unspecified atom stereocenters. The summed E-state index contributed by atoms with van der Waals surface area (Å²) in [5.74, 6) is -0.617. The summed E-state index contributed by atoms with van der Waals surface area (Å²) in [5.41, 5.74) is 3.06. The van der Waals surface area contributed by atoms with Crippen LogP contribution >= 0.6 is 11.3 Å². The zero-order chi connectivity index (χ0) is 19.5. The zero-order valence-corrected chi connectivity index (χ0v) is 16.3. The Kier molecular flexibility index (Phi) is 5.16. The summed E-state index contributed by atoms with van der Waals surface area (Å²) in [7, 11) is 0. The highest BCUT2D eigenvalue weighted by molar-refractivity contribution is 7.15. The van der Waals surface area contributed by atoms with Gasteiger partial charge in [0.25, 0.3) is 0 Å². The van der Waals surface area contributed by atoms with Crippen molar-refractivity contribution in [2.75, 3.05) is 16.8 Å². The second-order valence-electron chi connectivity index (χ2n) is 6.90. The summed E-state index contributed by atoms with van der Waals surface area (Å²) < 4.78 is 0. The topological polar surface area (TPSA) is 75.2 Å². The third kappa shape index (κ3) is 4.09. The van der Waals surface area contributed by atoms with Gasteiger partial charge in [-0.25, -0.2) is 0 Å². The monoisotopic (exact) mass is 392 g/mol. The van der Waals surface area contributed by atoms with Crippen LogP contribution in [0.3, 0.4) is 0 Å². The molecule has 1 atom stereocenters. The van der Waals surface area contributed by atoms with Gasteiger partial charge in [-0.2, -0.15) is 0 Å². The number of aromatic nitrogens is 2. The minimum Gasteiger partial charge on any atom is -0.312 e. The number of carbonyl (C=O) groups is 2. The summed E-state index contributed by atoms with van der Waals surface area (Å²) in [4.78, 5) is 26.7. The molecule has 0 radical (unpaired) electrons. The zero-order valence-electron chi connectivity index (χ0n) is 15.5. The van der Waals surface area contributed by atoms with Gasteiger partial charge >= 0.3 is 0 Å². The lowest BCUT2D eigenvalue weighted by Crippen LogP contribution is -2.28. The molecule has 1 aromatic heterocycles. The van der Waals surface area contributed by atoms with Crippen LogP contribution in [0.15, 0.2) is 54.6 Å². The van der Waals surface area contributed by atoms with Crippen molar-refractivity contribution < 1.29 is 9.59 Å². The summed E-state index contributed by atoms with van der Waals surface area (Å²) in [5, 5.41) is 12.4. The Hall–Kier alpha value is -3.06. The molecule has 0 bridgehead atoms. The molecule has 28 heavy (non-hydrogen) atoms. The molecule has 1 fully saturated rings. The molecule has 0 spiro atoms. The lowest BCUT2D eigenvalue weighted by atomic mass is 10.1. The largest absolute Gasteiger partial charge is 0.312 e. The van der Waals surface area contributed by atoms with E-state index in [-0.39, 0.29) is 18.2 Å². The fourth-order valence-electron chi connectivity index (χ4n) is 3.28. The van der Waals surface area contributed by atoms with Crippen molar-refractivity contribution in [2.24, 2.45) is 5.92 Å². The molecule has 1 saturated heterocycles. The van der Waals surface area contributed by atoms with Crippen molar-refractivity contribution in [3.63, 3.8) is 0 Å². The third-order valence-electron chi connectivity index (χ3n) is 4.70. The lowest BCUT2D eigenvalue weighted by Gasteiger charge is -2.17. The maximum absolute atomic E-state index is 12.6. The Morgan fingerprint density at radius 1 is 1.18 bits per heavy atom. The standard InChI is InChI=1S/C21H20N4O2S/c1-14-6-5-9-17(10-14)25-13-16(12-19(25)26)20(27)22-21-24-23-18(28-21)11-15-7-3-2-4-8-15/h2-10,16H,11-13H2,1H3,(H,22,24,27). The van der Waals surface area contributed by atoms with Gasteiger partial charge in [0.15, 0.2) is 0 Å². The van der Waals surface area contributed by atoms with Gasteiger partial charge in [-0.05, 0) is 30.2 Å². The second kappa shape index (κ2) is 7.90. The number of hydrogen-bond acceptors (Lipinski definition) is 5. The first-order chi connectivity index (χ1) is 13.6. The van der Waals surface area contributed by atoms with Crippen LogP contribution in [0.5, 0.6) is 0 Å². The van der Waals surface area contributed by atoms with Crippen LogP contribution in [0.4, 0.5) is 10.8 Å². The number of nitrogens with zero attached hydrogens (tertiary/aromatic N) is 3. The van der Waals surface area contributed by atoms with Crippen molar-refractivity contribution in [3.05, 3.63) is 70.7 Å². The minimum atomic E-state index is -0.394. The van der Waals surface area contributed by atoms with Crippen molar-refractivity contribution in [3.8, 4) is 0 Å². The van der Waals surface area contributed by atoms with Gasteiger partial charge in [-0.15, -0.1) is 10.2 Å². The maximum Gasteiger partial charge on any atom is 0.231 e. The van der Waals surface area contributed by atoms with E-state index in [0.29, 0.717) is 18.1 Å². The first kappa shape index (κ1) is 18.3. The van der Waals surface area contributed by atoms with Crippen LogP contribution in [-0.4, -0.2) is 28.6 Å². The molecule has 2 heterocycles. The average molecular weight is 392 g/mol. The Morgan fingerprint density at radius 2 is 2.00 bits per heavy atom. The molecule has 0 saturated carbocycles. The predicted octanol–water partition coefficient (Wildman–Crippen LogP) is 3.43. The number of anilines is 2. The molecule has 142 valence electrons. The average Bonchev–Trinajstić information content (AvgIpc) is 3.29. The van der Waals surface area contributed by atoms with Gasteiger partial charge in [0, 0.05) is 25.1 Å². The van der Waals surface area contributed by atoms with Crippen molar-refractivity contribution >= 4 is 34.0 Å². The van der Waals surface area contributed by atoms with E-state index in [9.17, 15) is 9.59 Å². The van der Waals surface area contributed by atoms with E-state index < -0.39 is 5.92 Å². The second-order valence-corrected chi connectivity index (χ2v) is 7.96. The molecule has 7 heteroatoms. The van der Waals surface area contributed by atoms with Crippen LogP contribution in [0.1, 0.15) is 22.6 Å². The quantitative estimate of drug-likeness (QED) is 0.722. The molecule has 1 aliphatic heterocycles. The van der Waals surface area contributed by atoms with E-state index in [1.165, 1.54) is 11.3 Å². The smallest absolute Gasteiger partial charge is 0.231 e. The molecule has 1 aliphatic rings. The fraction of sp³-hybridized carbons (Fsp3) is 0.238. The number of hydrogen-bond donors (Lipinski definition) is 1. The molecular weight excluding hydrogens is 372 g/mol. The molecule has 2 amide bonds. The number of benzene rings is 2. The molecular formula is C21H20N4O2S.